The van der Waals surface area contributed by atoms with Gasteiger partial charge in [0.15, 0.2) is 0 Å². The van der Waals surface area contributed by atoms with Gasteiger partial charge >= 0.3 is 0 Å². The van der Waals surface area contributed by atoms with E-state index < -0.39 is 0 Å². The number of rotatable bonds is 3. The van der Waals surface area contributed by atoms with Gasteiger partial charge in [-0.1, -0.05) is 11.6 Å². The van der Waals surface area contributed by atoms with Gasteiger partial charge in [0.1, 0.15) is 5.75 Å². The van der Waals surface area contributed by atoms with Gasteiger partial charge in [-0.3, -0.25) is 0 Å². The second-order valence-corrected chi connectivity index (χ2v) is 3.75. The quantitative estimate of drug-likeness (QED) is 0.841. The molecule has 0 aliphatic carbocycles. The molecule has 1 aromatic heterocycles. The predicted molar refractivity (Wildman–Crippen MR) is 62.6 cm³/mol. The zero-order valence-electron chi connectivity index (χ0n) is 8.51. The zero-order valence-corrected chi connectivity index (χ0v) is 9.27. The van der Waals surface area contributed by atoms with Crippen LogP contribution in [0.3, 0.4) is 0 Å². The van der Waals surface area contributed by atoms with Gasteiger partial charge in [0.05, 0.1) is 17.6 Å². The second kappa shape index (κ2) is 4.13. The van der Waals surface area contributed by atoms with E-state index in [1.54, 1.807) is 7.11 Å². The molecule has 2 aromatic rings. The van der Waals surface area contributed by atoms with Gasteiger partial charge in [-0.05, 0) is 18.7 Å². The van der Waals surface area contributed by atoms with E-state index in [9.17, 15) is 0 Å². The first-order valence-electron chi connectivity index (χ1n) is 4.80. The molecule has 4 heteroatoms. The average Bonchev–Trinajstić information content (AvgIpc) is 2.56. The lowest BCUT2D eigenvalue weighted by Crippen LogP contribution is -2.02. The normalized spacial score (nSPS) is 10.9. The van der Waals surface area contributed by atoms with Crippen LogP contribution in [0.2, 0.25) is 5.02 Å². The van der Waals surface area contributed by atoms with E-state index in [-0.39, 0.29) is 0 Å². The first-order chi connectivity index (χ1) is 7.26. The van der Waals surface area contributed by atoms with Gasteiger partial charge in [-0.25, -0.2) is 0 Å². The summed E-state index contributed by atoms with van der Waals surface area (Å²) in [6, 6.07) is 5.78. The van der Waals surface area contributed by atoms with Crippen LogP contribution in [-0.4, -0.2) is 18.6 Å². The van der Waals surface area contributed by atoms with E-state index in [0.29, 0.717) is 6.54 Å². The maximum Gasteiger partial charge on any atom is 0.120 e. The fourth-order valence-corrected chi connectivity index (χ4v) is 1.95. The topological polar surface area (TPSA) is 51.0 Å². The predicted octanol–water partition coefficient (Wildman–Crippen LogP) is 2.33. The molecule has 0 spiro atoms. The van der Waals surface area contributed by atoms with E-state index in [1.165, 1.54) is 0 Å². The number of nitrogens with two attached hydrogens (primary N) is 1. The minimum atomic E-state index is 0.587. The first-order valence-corrected chi connectivity index (χ1v) is 5.18. The highest BCUT2D eigenvalue weighted by atomic mass is 35.5. The maximum atomic E-state index is 6.20. The van der Waals surface area contributed by atoms with Crippen LogP contribution in [0.4, 0.5) is 0 Å². The number of methoxy groups -OCH3 is 1. The third-order valence-corrected chi connectivity index (χ3v) is 2.84. The van der Waals surface area contributed by atoms with Crippen LogP contribution in [0.1, 0.15) is 5.69 Å². The van der Waals surface area contributed by atoms with Gasteiger partial charge in [-0.2, -0.15) is 0 Å². The Balaban J connectivity index is 2.55. The molecule has 15 heavy (non-hydrogen) atoms. The van der Waals surface area contributed by atoms with E-state index in [0.717, 1.165) is 33.8 Å². The van der Waals surface area contributed by atoms with Gasteiger partial charge in [0.2, 0.25) is 0 Å². The van der Waals surface area contributed by atoms with E-state index in [1.807, 2.05) is 18.2 Å². The zero-order chi connectivity index (χ0) is 10.8. The van der Waals surface area contributed by atoms with Crippen molar-refractivity contribution in [1.82, 2.24) is 4.98 Å². The lowest BCUT2D eigenvalue weighted by molar-refractivity contribution is 0.415. The molecule has 0 amide bonds. The standard InChI is InChI=1S/C11H13ClN2O/c1-15-7-2-3-8-10(6-7)14-9(4-5-13)11(8)12/h2-3,6,14H,4-5,13H2,1H3. The van der Waals surface area contributed by atoms with Crippen molar-refractivity contribution in [3.05, 3.63) is 28.9 Å². The number of aromatic amines is 1. The number of benzene rings is 1. The first kappa shape index (κ1) is 10.3. The molecule has 3 N–H and O–H groups in total. The maximum absolute atomic E-state index is 6.20. The Morgan fingerprint density at radius 2 is 2.27 bits per heavy atom. The van der Waals surface area contributed by atoms with Crippen molar-refractivity contribution in [3.63, 3.8) is 0 Å². The number of halogens is 1. The monoisotopic (exact) mass is 224 g/mol. The smallest absolute Gasteiger partial charge is 0.120 e. The fraction of sp³-hybridized carbons (Fsp3) is 0.273. The Bertz CT molecular complexity index is 479. The van der Waals surface area contributed by atoms with Crippen LogP contribution in [0.5, 0.6) is 5.75 Å². The van der Waals surface area contributed by atoms with Crippen molar-refractivity contribution in [3.8, 4) is 5.75 Å². The molecule has 0 radical (unpaired) electrons. The molecule has 0 unspecified atom stereocenters. The largest absolute Gasteiger partial charge is 0.497 e. The van der Waals surface area contributed by atoms with E-state index in [4.69, 9.17) is 22.1 Å². The van der Waals surface area contributed by atoms with Crippen molar-refractivity contribution >= 4 is 22.5 Å². The number of hydrogen-bond donors (Lipinski definition) is 2. The number of ether oxygens (including phenoxy) is 1. The van der Waals surface area contributed by atoms with Crippen molar-refractivity contribution in [2.45, 2.75) is 6.42 Å². The van der Waals surface area contributed by atoms with Gasteiger partial charge < -0.3 is 15.5 Å². The highest BCUT2D eigenvalue weighted by Gasteiger charge is 2.08. The van der Waals surface area contributed by atoms with Crippen LogP contribution in [0.25, 0.3) is 10.9 Å². The second-order valence-electron chi connectivity index (χ2n) is 3.37. The summed E-state index contributed by atoms with van der Waals surface area (Å²) in [5.74, 6) is 0.819. The molecular weight excluding hydrogens is 212 g/mol. The highest BCUT2D eigenvalue weighted by molar-refractivity contribution is 6.36. The Hall–Kier alpha value is -1.19. The summed E-state index contributed by atoms with van der Waals surface area (Å²) >= 11 is 6.20. The lowest BCUT2D eigenvalue weighted by Gasteiger charge is -1.97. The Morgan fingerprint density at radius 3 is 2.93 bits per heavy atom. The van der Waals surface area contributed by atoms with Crippen molar-refractivity contribution < 1.29 is 4.74 Å². The molecule has 0 saturated carbocycles. The minimum Gasteiger partial charge on any atom is -0.497 e. The summed E-state index contributed by atoms with van der Waals surface area (Å²) in [7, 11) is 1.65. The fourth-order valence-electron chi connectivity index (χ4n) is 1.64. The molecule has 3 nitrogen and oxygen atoms in total. The third kappa shape index (κ3) is 1.80. The Morgan fingerprint density at radius 1 is 1.47 bits per heavy atom. The Kier molecular flexibility index (Phi) is 2.84. The van der Waals surface area contributed by atoms with Crippen LogP contribution in [0.15, 0.2) is 18.2 Å². The molecular formula is C11H13ClN2O. The molecule has 0 saturated heterocycles. The molecule has 0 fully saturated rings. The minimum absolute atomic E-state index is 0.587. The summed E-state index contributed by atoms with van der Waals surface area (Å²) in [4.78, 5) is 3.25. The molecule has 0 aliphatic heterocycles. The molecule has 0 aliphatic rings. The number of aromatic nitrogens is 1. The summed E-state index contributed by atoms with van der Waals surface area (Å²) in [5, 5.41) is 1.78. The van der Waals surface area contributed by atoms with Crippen molar-refractivity contribution in [2.75, 3.05) is 13.7 Å². The summed E-state index contributed by atoms with van der Waals surface area (Å²) in [5.41, 5.74) is 7.48. The van der Waals surface area contributed by atoms with Gasteiger partial charge in [0.25, 0.3) is 0 Å². The van der Waals surface area contributed by atoms with Crippen LogP contribution >= 0.6 is 11.6 Å². The molecule has 1 heterocycles. The molecule has 2 rings (SSSR count). The third-order valence-electron chi connectivity index (χ3n) is 2.41. The molecule has 1 aromatic carbocycles. The van der Waals surface area contributed by atoms with E-state index in [2.05, 4.69) is 4.98 Å². The van der Waals surface area contributed by atoms with Crippen LogP contribution in [0, 0.1) is 0 Å². The lowest BCUT2D eigenvalue weighted by atomic mass is 10.2. The highest BCUT2D eigenvalue weighted by Crippen LogP contribution is 2.30. The Labute approximate surface area is 93.2 Å². The number of H-pyrrole nitrogens is 1. The molecule has 80 valence electrons. The van der Waals surface area contributed by atoms with Crippen LogP contribution in [-0.2, 0) is 6.42 Å². The summed E-state index contributed by atoms with van der Waals surface area (Å²) in [6.07, 6.45) is 0.760. The average molecular weight is 225 g/mol. The van der Waals surface area contributed by atoms with E-state index >= 15 is 0 Å². The number of fused-ring (bicyclic) bond motifs is 1. The van der Waals surface area contributed by atoms with Crippen molar-refractivity contribution in [2.24, 2.45) is 5.73 Å². The number of hydrogen-bond acceptors (Lipinski definition) is 2. The molecule has 0 bridgehead atoms. The summed E-state index contributed by atoms with van der Waals surface area (Å²) in [6.45, 7) is 0.587. The van der Waals surface area contributed by atoms with Gasteiger partial charge in [-0.15, -0.1) is 0 Å². The molecule has 0 atom stereocenters. The van der Waals surface area contributed by atoms with Crippen molar-refractivity contribution in [1.29, 1.82) is 0 Å². The number of nitrogens with one attached hydrogen (secondary N) is 1. The summed E-state index contributed by atoms with van der Waals surface area (Å²) < 4.78 is 5.14. The van der Waals surface area contributed by atoms with Gasteiger partial charge in [0, 0.05) is 23.6 Å². The van der Waals surface area contributed by atoms with Crippen LogP contribution < -0.4 is 10.5 Å². The SMILES string of the molecule is COc1ccc2c(Cl)c(CCN)[nH]c2c1.